The van der Waals surface area contributed by atoms with Crippen LogP contribution in [0.1, 0.15) is 28.4 Å². The summed E-state index contributed by atoms with van der Waals surface area (Å²) in [5, 5.41) is 6.08. The van der Waals surface area contributed by atoms with Crippen molar-refractivity contribution >= 4 is 5.91 Å². The Morgan fingerprint density at radius 3 is 3.18 bits per heavy atom. The van der Waals surface area contributed by atoms with Gasteiger partial charge in [0.15, 0.2) is 0 Å². The number of benzene rings is 1. The highest BCUT2D eigenvalue weighted by molar-refractivity contribution is 5.94. The topological polar surface area (TPSA) is 41.1 Å². The highest BCUT2D eigenvalue weighted by Crippen LogP contribution is 2.15. The van der Waals surface area contributed by atoms with Crippen LogP contribution in [-0.4, -0.2) is 19.0 Å². The van der Waals surface area contributed by atoms with Crippen LogP contribution in [0.5, 0.6) is 0 Å². The third kappa shape index (κ3) is 2.86. The second-order valence-corrected chi connectivity index (χ2v) is 4.02. The number of carbonyl (C=O) groups is 1. The molecule has 1 amide bonds. The fourth-order valence-electron chi connectivity index (χ4n) is 1.94. The minimum atomic E-state index is -0.0545. The highest BCUT2D eigenvalue weighted by atomic mass is 16.1. The Labute approximate surface area is 102 Å². The number of amides is 1. The molecular weight excluding hydrogens is 212 g/mol. The van der Waals surface area contributed by atoms with E-state index in [0.29, 0.717) is 12.1 Å². The molecule has 0 spiro atoms. The first-order valence-corrected chi connectivity index (χ1v) is 5.81. The van der Waals surface area contributed by atoms with Crippen molar-refractivity contribution in [3.05, 3.63) is 34.9 Å². The van der Waals surface area contributed by atoms with Crippen LogP contribution in [0.2, 0.25) is 0 Å². The summed E-state index contributed by atoms with van der Waals surface area (Å²) in [6.07, 6.45) is 1.04. The molecule has 1 aliphatic heterocycles. The average molecular weight is 228 g/mol. The molecule has 3 nitrogen and oxygen atoms in total. The number of carbonyl (C=O) groups excluding carboxylic acids is 1. The van der Waals surface area contributed by atoms with Gasteiger partial charge in [-0.2, -0.15) is 0 Å². The highest BCUT2D eigenvalue weighted by Gasteiger charge is 2.11. The Morgan fingerprint density at radius 2 is 2.35 bits per heavy atom. The molecule has 17 heavy (non-hydrogen) atoms. The van der Waals surface area contributed by atoms with Gasteiger partial charge >= 0.3 is 0 Å². The van der Waals surface area contributed by atoms with E-state index in [9.17, 15) is 4.79 Å². The Hall–Kier alpha value is -1.79. The Kier molecular flexibility index (Phi) is 3.79. The van der Waals surface area contributed by atoms with Crippen molar-refractivity contribution in [3.63, 3.8) is 0 Å². The molecule has 0 aliphatic carbocycles. The van der Waals surface area contributed by atoms with Crippen molar-refractivity contribution in [3.8, 4) is 11.8 Å². The van der Waals surface area contributed by atoms with E-state index in [0.717, 1.165) is 19.5 Å². The summed E-state index contributed by atoms with van der Waals surface area (Å²) in [6, 6.07) is 5.91. The van der Waals surface area contributed by atoms with Crippen molar-refractivity contribution < 1.29 is 4.79 Å². The van der Waals surface area contributed by atoms with E-state index in [-0.39, 0.29) is 5.91 Å². The number of fused-ring (bicyclic) bond motifs is 1. The van der Waals surface area contributed by atoms with Gasteiger partial charge in [0.05, 0.1) is 6.54 Å². The van der Waals surface area contributed by atoms with Gasteiger partial charge in [0.2, 0.25) is 0 Å². The minimum absolute atomic E-state index is 0.0545. The quantitative estimate of drug-likeness (QED) is 0.744. The third-order valence-corrected chi connectivity index (χ3v) is 2.87. The molecule has 0 fully saturated rings. The minimum Gasteiger partial charge on any atom is -0.341 e. The predicted octanol–water partition coefficient (Wildman–Crippen LogP) is 1.09. The largest absolute Gasteiger partial charge is 0.341 e. The summed E-state index contributed by atoms with van der Waals surface area (Å²) in [7, 11) is 0. The van der Waals surface area contributed by atoms with E-state index in [1.54, 1.807) is 6.92 Å². The molecule has 0 atom stereocenters. The number of rotatable bonds is 2. The average Bonchev–Trinajstić information content (AvgIpc) is 2.38. The lowest BCUT2D eigenvalue weighted by Gasteiger charge is -2.17. The SMILES string of the molecule is CC#CCNC(=O)c1ccc2c(c1)CNCC2. The molecule has 1 aliphatic rings. The molecule has 1 aromatic rings. The monoisotopic (exact) mass is 228 g/mol. The van der Waals surface area contributed by atoms with Crippen LogP contribution in [0.15, 0.2) is 18.2 Å². The van der Waals surface area contributed by atoms with Gasteiger partial charge in [-0.25, -0.2) is 0 Å². The molecule has 0 saturated heterocycles. The zero-order chi connectivity index (χ0) is 12.1. The Bertz CT molecular complexity index is 483. The van der Waals surface area contributed by atoms with Gasteiger partial charge in [-0.3, -0.25) is 4.79 Å². The molecule has 1 heterocycles. The Morgan fingerprint density at radius 1 is 1.47 bits per heavy atom. The molecule has 0 saturated carbocycles. The molecule has 2 N–H and O–H groups in total. The maximum Gasteiger partial charge on any atom is 0.252 e. The van der Waals surface area contributed by atoms with Gasteiger partial charge in [0.1, 0.15) is 0 Å². The van der Waals surface area contributed by atoms with Gasteiger partial charge in [0.25, 0.3) is 5.91 Å². The van der Waals surface area contributed by atoms with E-state index in [4.69, 9.17) is 0 Å². The fourth-order valence-corrected chi connectivity index (χ4v) is 1.94. The van der Waals surface area contributed by atoms with Crippen molar-refractivity contribution in [1.82, 2.24) is 10.6 Å². The second kappa shape index (κ2) is 5.51. The van der Waals surface area contributed by atoms with Gasteiger partial charge in [-0.1, -0.05) is 12.0 Å². The third-order valence-electron chi connectivity index (χ3n) is 2.87. The second-order valence-electron chi connectivity index (χ2n) is 4.02. The van der Waals surface area contributed by atoms with E-state index in [1.165, 1.54) is 11.1 Å². The van der Waals surface area contributed by atoms with Crippen LogP contribution >= 0.6 is 0 Å². The standard InChI is InChI=1S/C14H16N2O/c1-2-3-7-16-14(17)12-5-4-11-6-8-15-10-13(11)9-12/h4-5,9,15H,6-8,10H2,1H3,(H,16,17). The number of hydrogen-bond donors (Lipinski definition) is 2. The lowest BCUT2D eigenvalue weighted by molar-refractivity contribution is 0.0958. The van der Waals surface area contributed by atoms with Crippen molar-refractivity contribution in [2.75, 3.05) is 13.1 Å². The van der Waals surface area contributed by atoms with Crippen molar-refractivity contribution in [1.29, 1.82) is 0 Å². The first-order valence-electron chi connectivity index (χ1n) is 5.81. The van der Waals surface area contributed by atoms with Crippen LogP contribution < -0.4 is 10.6 Å². The molecule has 0 unspecified atom stereocenters. The zero-order valence-electron chi connectivity index (χ0n) is 9.97. The molecule has 2 rings (SSSR count). The van der Waals surface area contributed by atoms with Gasteiger partial charge in [-0.15, -0.1) is 5.92 Å². The molecular formula is C14H16N2O. The lowest BCUT2D eigenvalue weighted by Crippen LogP contribution is -2.26. The van der Waals surface area contributed by atoms with Crippen molar-refractivity contribution in [2.24, 2.45) is 0 Å². The summed E-state index contributed by atoms with van der Waals surface area (Å²) in [6.45, 7) is 4.04. The molecule has 1 aromatic carbocycles. The molecule has 0 radical (unpaired) electrons. The van der Waals surface area contributed by atoms with E-state index < -0.39 is 0 Å². The smallest absolute Gasteiger partial charge is 0.252 e. The van der Waals surface area contributed by atoms with Gasteiger partial charge < -0.3 is 10.6 Å². The van der Waals surface area contributed by atoms with Gasteiger partial charge in [0, 0.05) is 12.1 Å². The Balaban J connectivity index is 2.10. The van der Waals surface area contributed by atoms with E-state index in [2.05, 4.69) is 28.5 Å². The summed E-state index contributed by atoms with van der Waals surface area (Å²) >= 11 is 0. The summed E-state index contributed by atoms with van der Waals surface area (Å²) in [4.78, 5) is 11.8. The van der Waals surface area contributed by atoms with Crippen LogP contribution in [-0.2, 0) is 13.0 Å². The predicted molar refractivity (Wildman–Crippen MR) is 67.6 cm³/mol. The van der Waals surface area contributed by atoms with Gasteiger partial charge in [-0.05, 0) is 43.1 Å². The van der Waals surface area contributed by atoms with Crippen molar-refractivity contribution in [2.45, 2.75) is 19.9 Å². The van der Waals surface area contributed by atoms with Crippen LogP contribution in [0.25, 0.3) is 0 Å². The summed E-state index contributed by atoms with van der Waals surface area (Å²) < 4.78 is 0. The maximum absolute atomic E-state index is 11.8. The van der Waals surface area contributed by atoms with E-state index >= 15 is 0 Å². The van der Waals surface area contributed by atoms with E-state index in [1.807, 2.05) is 12.1 Å². The summed E-state index contributed by atoms with van der Waals surface area (Å²) in [5.41, 5.74) is 3.28. The zero-order valence-corrected chi connectivity index (χ0v) is 9.97. The normalized spacial score (nSPS) is 13.2. The maximum atomic E-state index is 11.8. The number of hydrogen-bond acceptors (Lipinski definition) is 2. The molecule has 0 bridgehead atoms. The molecule has 88 valence electrons. The number of nitrogens with one attached hydrogen (secondary N) is 2. The fraction of sp³-hybridized carbons (Fsp3) is 0.357. The molecule has 3 heteroatoms. The molecule has 0 aromatic heterocycles. The van der Waals surface area contributed by atoms with Crippen LogP contribution in [0.4, 0.5) is 0 Å². The van der Waals surface area contributed by atoms with Crippen LogP contribution in [0.3, 0.4) is 0 Å². The lowest BCUT2D eigenvalue weighted by atomic mass is 9.98. The van der Waals surface area contributed by atoms with Crippen LogP contribution in [0, 0.1) is 11.8 Å². The summed E-state index contributed by atoms with van der Waals surface area (Å²) in [5.74, 6) is 5.51. The first-order chi connectivity index (χ1) is 8.31. The first kappa shape index (κ1) is 11.7.